The van der Waals surface area contributed by atoms with Crippen molar-refractivity contribution in [2.45, 2.75) is 25.4 Å². The van der Waals surface area contributed by atoms with Crippen molar-refractivity contribution in [3.8, 4) is 5.75 Å². The fourth-order valence-electron chi connectivity index (χ4n) is 2.17. The van der Waals surface area contributed by atoms with Gasteiger partial charge in [0.05, 0.1) is 11.2 Å². The molecule has 1 aliphatic carbocycles. The summed E-state index contributed by atoms with van der Waals surface area (Å²) in [5, 5.41) is 7.75. The lowest BCUT2D eigenvalue weighted by atomic mass is 10.1. The lowest BCUT2D eigenvalue weighted by Gasteiger charge is -2.13. The average Bonchev–Trinajstić information content (AvgIpc) is 3.09. The van der Waals surface area contributed by atoms with Crippen molar-refractivity contribution >= 4 is 23.0 Å². The quantitative estimate of drug-likeness (QED) is 0.680. The zero-order valence-corrected chi connectivity index (χ0v) is 12.6. The molecule has 0 amide bonds. The molecule has 0 radical (unpaired) electrons. The van der Waals surface area contributed by atoms with Crippen molar-refractivity contribution < 1.29 is 9.13 Å². The molecule has 1 heterocycles. The highest BCUT2D eigenvalue weighted by Gasteiger charge is 2.40. The Labute approximate surface area is 127 Å². The summed E-state index contributed by atoms with van der Waals surface area (Å²) < 4.78 is 19.9. The van der Waals surface area contributed by atoms with Gasteiger partial charge in [0.15, 0.2) is 11.6 Å². The van der Waals surface area contributed by atoms with Gasteiger partial charge in [0.2, 0.25) is 0 Å². The highest BCUT2D eigenvalue weighted by atomic mass is 19.1. The van der Waals surface area contributed by atoms with Gasteiger partial charge in [-0.1, -0.05) is 6.58 Å². The van der Waals surface area contributed by atoms with E-state index >= 15 is 0 Å². The van der Waals surface area contributed by atoms with Crippen LogP contribution >= 0.6 is 0 Å². The SMILES string of the molecule is C=CC(=NC=NC)c1n[nH]c2cc(F)c(OC3(C)CC3)cc12. The molecule has 1 aromatic carbocycles. The molecule has 5 nitrogen and oxygen atoms in total. The van der Waals surface area contributed by atoms with E-state index in [0.29, 0.717) is 16.9 Å². The molecule has 3 rings (SSSR count). The normalized spacial score (nSPS) is 17.1. The first kappa shape index (κ1) is 14.4. The van der Waals surface area contributed by atoms with Gasteiger partial charge in [-0.05, 0) is 31.9 Å². The highest BCUT2D eigenvalue weighted by Crippen LogP contribution is 2.41. The van der Waals surface area contributed by atoms with E-state index in [1.165, 1.54) is 12.4 Å². The number of benzene rings is 1. The Morgan fingerprint density at radius 3 is 2.91 bits per heavy atom. The number of aromatic amines is 1. The second-order valence-electron chi connectivity index (χ2n) is 5.54. The number of hydrogen-bond acceptors (Lipinski definition) is 3. The number of aromatic nitrogens is 2. The number of rotatable bonds is 5. The van der Waals surface area contributed by atoms with Gasteiger partial charge < -0.3 is 4.74 Å². The lowest BCUT2D eigenvalue weighted by Crippen LogP contribution is -2.13. The molecule has 1 saturated carbocycles. The molecule has 0 spiro atoms. The third kappa shape index (κ3) is 2.64. The minimum absolute atomic E-state index is 0.239. The van der Waals surface area contributed by atoms with E-state index < -0.39 is 5.82 Å². The number of nitrogens with one attached hydrogen (secondary N) is 1. The number of halogens is 1. The molecule has 6 heteroatoms. The summed E-state index contributed by atoms with van der Waals surface area (Å²) in [4.78, 5) is 8.00. The predicted molar refractivity (Wildman–Crippen MR) is 85.5 cm³/mol. The third-order valence-corrected chi connectivity index (χ3v) is 3.67. The number of allylic oxidation sites excluding steroid dienone is 1. The second kappa shape index (κ2) is 5.36. The van der Waals surface area contributed by atoms with Crippen LogP contribution in [0.25, 0.3) is 10.9 Å². The van der Waals surface area contributed by atoms with Crippen molar-refractivity contribution in [1.82, 2.24) is 10.2 Å². The largest absolute Gasteiger partial charge is 0.484 e. The van der Waals surface area contributed by atoms with Gasteiger partial charge >= 0.3 is 0 Å². The summed E-state index contributed by atoms with van der Waals surface area (Å²) in [7, 11) is 1.63. The van der Waals surface area contributed by atoms with Crippen LogP contribution in [-0.2, 0) is 0 Å². The standard InChI is InChI=1S/C16H17FN4O/c1-4-12(19-9-18-3)15-10-7-14(22-16(2)5-6-16)11(17)8-13(10)20-21-15/h4,7-9H,1,5-6H2,2-3H3,(H,20,21). The van der Waals surface area contributed by atoms with Crippen LogP contribution in [0.5, 0.6) is 5.75 Å². The maximum Gasteiger partial charge on any atom is 0.167 e. The maximum absolute atomic E-state index is 14.1. The Bertz CT molecular complexity index is 787. The van der Waals surface area contributed by atoms with Crippen molar-refractivity contribution in [3.63, 3.8) is 0 Å². The van der Waals surface area contributed by atoms with Crippen molar-refractivity contribution in [2.75, 3.05) is 7.05 Å². The van der Waals surface area contributed by atoms with Gasteiger partial charge in [-0.15, -0.1) is 0 Å². The van der Waals surface area contributed by atoms with Crippen LogP contribution in [0.4, 0.5) is 4.39 Å². The molecule has 114 valence electrons. The van der Waals surface area contributed by atoms with Crippen LogP contribution < -0.4 is 4.74 Å². The Hall–Kier alpha value is -2.50. The molecule has 1 aliphatic rings. The van der Waals surface area contributed by atoms with Crippen LogP contribution in [0.1, 0.15) is 25.5 Å². The Morgan fingerprint density at radius 1 is 1.50 bits per heavy atom. The van der Waals surface area contributed by atoms with E-state index in [9.17, 15) is 4.39 Å². The van der Waals surface area contributed by atoms with Gasteiger partial charge in [-0.25, -0.2) is 9.38 Å². The molecule has 22 heavy (non-hydrogen) atoms. The third-order valence-electron chi connectivity index (χ3n) is 3.67. The summed E-state index contributed by atoms with van der Waals surface area (Å²) in [5.74, 6) is -0.161. The number of nitrogens with zero attached hydrogens (tertiary/aromatic N) is 3. The van der Waals surface area contributed by atoms with Gasteiger partial charge in [0.1, 0.15) is 17.6 Å². The molecule has 0 atom stereocenters. The Balaban J connectivity index is 2.08. The molecule has 0 saturated heterocycles. The average molecular weight is 300 g/mol. The van der Waals surface area contributed by atoms with E-state index in [-0.39, 0.29) is 11.4 Å². The first-order chi connectivity index (χ1) is 10.6. The summed E-state index contributed by atoms with van der Waals surface area (Å²) in [6, 6.07) is 3.05. The second-order valence-corrected chi connectivity index (χ2v) is 5.54. The summed E-state index contributed by atoms with van der Waals surface area (Å²) in [6.07, 6.45) is 4.89. The molecular formula is C16H17FN4O. The number of fused-ring (bicyclic) bond motifs is 1. The van der Waals surface area contributed by atoms with E-state index in [0.717, 1.165) is 18.2 Å². The number of H-pyrrole nitrogens is 1. The Morgan fingerprint density at radius 2 is 2.27 bits per heavy atom. The monoisotopic (exact) mass is 300 g/mol. The fraction of sp³-hybridized carbons (Fsp3) is 0.312. The lowest BCUT2D eigenvalue weighted by molar-refractivity contribution is 0.191. The van der Waals surface area contributed by atoms with Crippen molar-refractivity contribution in [1.29, 1.82) is 0 Å². The summed E-state index contributed by atoms with van der Waals surface area (Å²) >= 11 is 0. The summed E-state index contributed by atoms with van der Waals surface area (Å²) in [5.41, 5.74) is 1.49. The first-order valence-electron chi connectivity index (χ1n) is 7.04. The van der Waals surface area contributed by atoms with Crippen LogP contribution in [0.15, 0.2) is 34.8 Å². The maximum atomic E-state index is 14.1. The van der Waals surface area contributed by atoms with Crippen molar-refractivity contribution in [3.05, 3.63) is 36.3 Å². The molecule has 1 N–H and O–H groups in total. The highest BCUT2D eigenvalue weighted by molar-refractivity contribution is 6.16. The van der Waals surface area contributed by atoms with Crippen LogP contribution in [0, 0.1) is 5.82 Å². The van der Waals surface area contributed by atoms with Crippen LogP contribution in [-0.4, -0.2) is 34.9 Å². The van der Waals surface area contributed by atoms with Gasteiger partial charge in [0, 0.05) is 18.5 Å². The van der Waals surface area contributed by atoms with Crippen LogP contribution in [0.2, 0.25) is 0 Å². The predicted octanol–water partition coefficient (Wildman–Crippen LogP) is 3.27. The zero-order chi connectivity index (χ0) is 15.7. The van der Waals surface area contributed by atoms with Gasteiger partial charge in [-0.2, -0.15) is 5.10 Å². The minimum atomic E-state index is -0.400. The van der Waals surface area contributed by atoms with E-state index in [4.69, 9.17) is 4.74 Å². The number of aliphatic imine (C=N–C) groups is 2. The van der Waals surface area contributed by atoms with E-state index in [1.807, 2.05) is 6.92 Å². The van der Waals surface area contributed by atoms with E-state index in [2.05, 4.69) is 26.8 Å². The molecule has 1 fully saturated rings. The smallest absolute Gasteiger partial charge is 0.167 e. The number of ether oxygens (including phenoxy) is 1. The van der Waals surface area contributed by atoms with Crippen molar-refractivity contribution in [2.24, 2.45) is 9.98 Å². The molecular weight excluding hydrogens is 283 g/mol. The summed E-state index contributed by atoms with van der Waals surface area (Å²) in [6.45, 7) is 5.71. The van der Waals surface area contributed by atoms with E-state index in [1.54, 1.807) is 19.2 Å². The van der Waals surface area contributed by atoms with Crippen LogP contribution in [0.3, 0.4) is 0 Å². The molecule has 0 unspecified atom stereocenters. The Kier molecular flexibility index (Phi) is 3.52. The van der Waals surface area contributed by atoms with Gasteiger partial charge in [0.25, 0.3) is 0 Å². The fourth-order valence-corrected chi connectivity index (χ4v) is 2.17. The molecule has 1 aromatic heterocycles. The number of hydrogen-bond donors (Lipinski definition) is 1. The zero-order valence-electron chi connectivity index (χ0n) is 12.6. The first-order valence-corrected chi connectivity index (χ1v) is 7.04. The topological polar surface area (TPSA) is 62.6 Å². The minimum Gasteiger partial charge on any atom is -0.484 e. The molecule has 0 bridgehead atoms. The molecule has 0 aliphatic heterocycles. The molecule has 2 aromatic rings. The van der Waals surface area contributed by atoms with Gasteiger partial charge in [-0.3, -0.25) is 10.1 Å².